The first-order valence-corrected chi connectivity index (χ1v) is 8.35. The second-order valence-corrected chi connectivity index (χ2v) is 7.58. The number of ketones is 1. The van der Waals surface area contributed by atoms with Crippen molar-refractivity contribution in [1.82, 2.24) is 10.3 Å². The van der Waals surface area contributed by atoms with E-state index >= 15 is 0 Å². The lowest BCUT2D eigenvalue weighted by molar-refractivity contribution is -0.885. The molecule has 1 aromatic heterocycles. The van der Waals surface area contributed by atoms with E-state index in [0.29, 0.717) is 0 Å². The summed E-state index contributed by atoms with van der Waals surface area (Å²) < 4.78 is 0. The average Bonchev–Trinajstić information content (AvgIpc) is 2.79. The SMILES string of the molecule is Cc1[nH]c2ccccc2c1C(=O)[C@H](C)[NH+](C)CC(=O)NC(C)(C)C. The van der Waals surface area contributed by atoms with Gasteiger partial charge in [0.15, 0.2) is 6.54 Å². The number of amides is 1. The fourth-order valence-corrected chi connectivity index (χ4v) is 2.90. The molecule has 0 saturated carbocycles. The van der Waals surface area contributed by atoms with Gasteiger partial charge in [-0.25, -0.2) is 0 Å². The molecule has 0 radical (unpaired) electrons. The van der Waals surface area contributed by atoms with Crippen molar-refractivity contribution in [3.63, 3.8) is 0 Å². The molecule has 0 spiro atoms. The standard InChI is InChI=1S/C19H27N3O2/c1-12-17(14-9-7-8-10-15(14)20-12)18(24)13(2)22(6)11-16(23)21-19(3,4)5/h7-10,13,20H,11H2,1-6H3,(H,21,23)/p+1/t13-/m0/s1. The van der Waals surface area contributed by atoms with Crippen LogP contribution in [0.4, 0.5) is 0 Å². The average molecular weight is 330 g/mol. The minimum atomic E-state index is -0.298. The summed E-state index contributed by atoms with van der Waals surface area (Å²) in [7, 11) is 1.88. The molecular formula is C19H28N3O2+. The van der Waals surface area contributed by atoms with Crippen LogP contribution in [0.1, 0.15) is 43.7 Å². The van der Waals surface area contributed by atoms with E-state index in [1.54, 1.807) is 0 Å². The maximum Gasteiger partial charge on any atom is 0.275 e. The Labute approximate surface area is 143 Å². The molecule has 24 heavy (non-hydrogen) atoms. The second kappa shape index (κ2) is 6.77. The Balaban J connectivity index is 2.16. The van der Waals surface area contributed by atoms with Gasteiger partial charge in [-0.2, -0.15) is 0 Å². The number of aromatic nitrogens is 1. The quantitative estimate of drug-likeness (QED) is 0.727. The number of para-hydroxylation sites is 1. The number of aromatic amines is 1. The molecule has 1 aromatic carbocycles. The van der Waals surface area contributed by atoms with Crippen molar-refractivity contribution >= 4 is 22.6 Å². The van der Waals surface area contributed by atoms with Gasteiger partial charge >= 0.3 is 0 Å². The van der Waals surface area contributed by atoms with Gasteiger partial charge in [0.25, 0.3) is 5.91 Å². The van der Waals surface area contributed by atoms with E-state index in [0.717, 1.165) is 27.1 Å². The maximum atomic E-state index is 13.0. The Morgan fingerprint density at radius 2 is 1.88 bits per heavy atom. The summed E-state index contributed by atoms with van der Waals surface area (Å²) in [5.74, 6) is 0.0151. The van der Waals surface area contributed by atoms with E-state index in [2.05, 4.69) is 10.3 Å². The summed E-state index contributed by atoms with van der Waals surface area (Å²) in [4.78, 5) is 29.2. The third-order valence-corrected chi connectivity index (χ3v) is 4.23. The van der Waals surface area contributed by atoms with Gasteiger partial charge in [0.05, 0.1) is 12.6 Å². The van der Waals surface area contributed by atoms with Crippen LogP contribution in [-0.2, 0) is 4.79 Å². The van der Waals surface area contributed by atoms with E-state index in [9.17, 15) is 9.59 Å². The normalized spacial score (nSPS) is 14.4. The molecule has 5 nitrogen and oxygen atoms in total. The monoisotopic (exact) mass is 330 g/mol. The molecule has 0 fully saturated rings. The van der Waals surface area contributed by atoms with Gasteiger partial charge in [0.1, 0.15) is 6.04 Å². The number of carbonyl (C=O) groups excluding carboxylic acids is 2. The van der Waals surface area contributed by atoms with Gasteiger partial charge in [-0.15, -0.1) is 0 Å². The van der Waals surface area contributed by atoms with Crippen molar-refractivity contribution in [3.05, 3.63) is 35.5 Å². The van der Waals surface area contributed by atoms with Crippen LogP contribution < -0.4 is 10.2 Å². The van der Waals surface area contributed by atoms with E-state index in [-0.39, 0.29) is 29.8 Å². The number of quaternary nitrogens is 1. The summed E-state index contributed by atoms with van der Waals surface area (Å²) in [6, 6.07) is 7.51. The van der Waals surface area contributed by atoms with Crippen molar-refractivity contribution < 1.29 is 14.5 Å². The van der Waals surface area contributed by atoms with Crippen LogP contribution in [0.3, 0.4) is 0 Å². The molecule has 2 rings (SSSR count). The molecule has 2 aromatic rings. The van der Waals surface area contributed by atoms with Gasteiger partial charge < -0.3 is 15.2 Å². The Bertz CT molecular complexity index is 756. The highest BCUT2D eigenvalue weighted by atomic mass is 16.2. The minimum absolute atomic E-state index is 0.0460. The topological polar surface area (TPSA) is 66.4 Å². The first kappa shape index (κ1) is 18.2. The summed E-state index contributed by atoms with van der Waals surface area (Å²) in [6.07, 6.45) is 0. The van der Waals surface area contributed by atoms with E-state index in [1.807, 2.05) is 65.9 Å². The molecule has 0 aliphatic heterocycles. The number of likely N-dealkylation sites (N-methyl/N-ethyl adjacent to an activating group) is 1. The summed E-state index contributed by atoms with van der Waals surface area (Å²) >= 11 is 0. The fraction of sp³-hybridized carbons (Fsp3) is 0.474. The molecular weight excluding hydrogens is 302 g/mol. The maximum absolute atomic E-state index is 13.0. The molecule has 1 heterocycles. The van der Waals surface area contributed by atoms with Crippen LogP contribution >= 0.6 is 0 Å². The third-order valence-electron chi connectivity index (χ3n) is 4.23. The molecule has 0 saturated heterocycles. The Hall–Kier alpha value is -2.14. The lowest BCUT2D eigenvalue weighted by Gasteiger charge is -2.24. The van der Waals surface area contributed by atoms with Crippen LogP contribution in [0.15, 0.2) is 24.3 Å². The predicted octanol–water partition coefficient (Wildman–Crippen LogP) is 1.48. The van der Waals surface area contributed by atoms with Crippen molar-refractivity contribution in [3.8, 4) is 0 Å². The number of rotatable bonds is 5. The highest BCUT2D eigenvalue weighted by Crippen LogP contribution is 2.22. The van der Waals surface area contributed by atoms with Crippen LogP contribution in [0.5, 0.6) is 0 Å². The van der Waals surface area contributed by atoms with E-state index in [1.165, 1.54) is 0 Å². The lowest BCUT2D eigenvalue weighted by Crippen LogP contribution is -3.14. The molecule has 3 N–H and O–H groups in total. The van der Waals surface area contributed by atoms with Crippen molar-refractivity contribution in [2.75, 3.05) is 13.6 Å². The molecule has 1 amide bonds. The third kappa shape index (κ3) is 4.03. The molecule has 2 atom stereocenters. The van der Waals surface area contributed by atoms with Gasteiger partial charge in [0, 0.05) is 22.1 Å². The number of aryl methyl sites for hydroxylation is 1. The van der Waals surface area contributed by atoms with Crippen LogP contribution in [0.25, 0.3) is 10.9 Å². The number of benzene rings is 1. The van der Waals surface area contributed by atoms with E-state index in [4.69, 9.17) is 0 Å². The van der Waals surface area contributed by atoms with Crippen molar-refractivity contribution in [2.24, 2.45) is 0 Å². The molecule has 0 bridgehead atoms. The van der Waals surface area contributed by atoms with Crippen LogP contribution in [0.2, 0.25) is 0 Å². The van der Waals surface area contributed by atoms with Crippen molar-refractivity contribution in [2.45, 2.75) is 46.2 Å². The van der Waals surface area contributed by atoms with Gasteiger partial charge in [0.2, 0.25) is 5.78 Å². The second-order valence-electron chi connectivity index (χ2n) is 7.58. The predicted molar refractivity (Wildman–Crippen MR) is 96.5 cm³/mol. The molecule has 5 heteroatoms. The molecule has 1 unspecified atom stereocenters. The zero-order valence-corrected chi connectivity index (χ0v) is 15.4. The summed E-state index contributed by atoms with van der Waals surface area (Å²) in [6.45, 7) is 9.91. The first-order valence-electron chi connectivity index (χ1n) is 8.35. The Morgan fingerprint density at radius 3 is 2.50 bits per heavy atom. The highest BCUT2D eigenvalue weighted by molar-refractivity contribution is 6.10. The number of hydrogen-bond donors (Lipinski definition) is 3. The lowest BCUT2D eigenvalue weighted by atomic mass is 10.0. The smallest absolute Gasteiger partial charge is 0.275 e. The Kier molecular flexibility index (Phi) is 5.13. The number of carbonyl (C=O) groups is 2. The zero-order chi connectivity index (χ0) is 18.1. The number of H-pyrrole nitrogens is 1. The first-order chi connectivity index (χ1) is 11.1. The fourth-order valence-electron chi connectivity index (χ4n) is 2.90. The number of Topliss-reactive ketones (excluding diaryl/α,β-unsaturated/α-hetero) is 1. The van der Waals surface area contributed by atoms with E-state index < -0.39 is 0 Å². The van der Waals surface area contributed by atoms with Gasteiger partial charge in [-0.05, 0) is 40.7 Å². The summed E-state index contributed by atoms with van der Waals surface area (Å²) in [5.41, 5.74) is 2.31. The molecule has 0 aliphatic rings. The van der Waals surface area contributed by atoms with Crippen LogP contribution in [-0.4, -0.2) is 41.8 Å². The zero-order valence-electron chi connectivity index (χ0n) is 15.4. The number of nitrogens with one attached hydrogen (secondary N) is 3. The van der Waals surface area contributed by atoms with Gasteiger partial charge in [-0.3, -0.25) is 9.59 Å². The highest BCUT2D eigenvalue weighted by Gasteiger charge is 2.29. The minimum Gasteiger partial charge on any atom is -0.358 e. The van der Waals surface area contributed by atoms with Gasteiger partial charge in [-0.1, -0.05) is 18.2 Å². The largest absolute Gasteiger partial charge is 0.358 e. The van der Waals surface area contributed by atoms with Crippen LogP contribution in [0, 0.1) is 6.92 Å². The molecule has 0 aliphatic carbocycles. The van der Waals surface area contributed by atoms with Crippen molar-refractivity contribution in [1.29, 1.82) is 0 Å². The Morgan fingerprint density at radius 1 is 1.25 bits per heavy atom. The molecule has 130 valence electrons. The summed E-state index contributed by atoms with van der Waals surface area (Å²) in [5, 5.41) is 3.89. The number of fused-ring (bicyclic) bond motifs is 1. The number of hydrogen-bond acceptors (Lipinski definition) is 2.